The van der Waals surface area contributed by atoms with Crippen molar-refractivity contribution in [3.8, 4) is 0 Å². The lowest BCUT2D eigenvalue weighted by atomic mass is 10.1. The smallest absolute Gasteiger partial charge is 0.273 e. The zero-order valence-corrected chi connectivity index (χ0v) is 11.2. The molecule has 0 saturated heterocycles. The summed E-state index contributed by atoms with van der Waals surface area (Å²) in [5, 5.41) is 13.7. The van der Waals surface area contributed by atoms with Crippen LogP contribution < -0.4 is 5.43 Å². The number of aryl methyl sites for hydroxylation is 1. The third kappa shape index (κ3) is 3.76. The molecule has 0 bridgehead atoms. The van der Waals surface area contributed by atoms with E-state index in [1.54, 1.807) is 24.3 Å². The Balaban J connectivity index is 1.93. The molecule has 0 heterocycles. The van der Waals surface area contributed by atoms with Crippen LogP contribution in [0.25, 0.3) is 0 Å². The van der Waals surface area contributed by atoms with Crippen LogP contribution in [-0.4, -0.2) is 17.2 Å². The Hall–Kier alpha value is -2.46. The van der Waals surface area contributed by atoms with Crippen molar-refractivity contribution in [3.05, 3.63) is 71.3 Å². The van der Waals surface area contributed by atoms with Gasteiger partial charge in [-0.05, 0) is 18.1 Å². The normalized spacial score (nSPS) is 12.3. The third-order valence-electron chi connectivity index (χ3n) is 2.83. The lowest BCUT2D eigenvalue weighted by Crippen LogP contribution is -2.25. The molecule has 2 N–H and O–H groups in total. The standard InChI is InChI=1S/C16H16N2O2/c1-12-7-9-13(10-8-12)11-17-18-16(20)15(19)14-5-3-2-4-6-14/h2-11,15,19H,1H3,(H,18,20). The van der Waals surface area contributed by atoms with E-state index in [1.807, 2.05) is 37.3 Å². The molecule has 0 aromatic heterocycles. The number of nitrogens with zero attached hydrogens (tertiary/aromatic N) is 1. The molecule has 102 valence electrons. The van der Waals surface area contributed by atoms with Gasteiger partial charge in [-0.3, -0.25) is 4.79 Å². The molecule has 0 aliphatic carbocycles. The second-order valence-corrected chi connectivity index (χ2v) is 4.46. The molecule has 20 heavy (non-hydrogen) atoms. The number of aliphatic hydroxyl groups excluding tert-OH is 1. The van der Waals surface area contributed by atoms with Crippen LogP contribution in [0.2, 0.25) is 0 Å². The number of rotatable bonds is 4. The van der Waals surface area contributed by atoms with Gasteiger partial charge in [0.15, 0.2) is 6.10 Å². The highest BCUT2D eigenvalue weighted by Gasteiger charge is 2.15. The van der Waals surface area contributed by atoms with E-state index in [4.69, 9.17) is 0 Å². The summed E-state index contributed by atoms with van der Waals surface area (Å²) in [5.74, 6) is -0.556. The lowest BCUT2D eigenvalue weighted by molar-refractivity contribution is -0.129. The Morgan fingerprint density at radius 1 is 1.15 bits per heavy atom. The molecule has 1 atom stereocenters. The fourth-order valence-electron chi connectivity index (χ4n) is 1.67. The first-order valence-electron chi connectivity index (χ1n) is 6.29. The molecule has 2 rings (SSSR count). The fourth-order valence-corrected chi connectivity index (χ4v) is 1.67. The molecule has 4 heteroatoms. The van der Waals surface area contributed by atoms with Gasteiger partial charge in [-0.1, -0.05) is 60.2 Å². The summed E-state index contributed by atoms with van der Waals surface area (Å²) in [6.45, 7) is 2.00. The summed E-state index contributed by atoms with van der Waals surface area (Å²) >= 11 is 0. The van der Waals surface area contributed by atoms with Crippen molar-refractivity contribution < 1.29 is 9.90 Å². The number of aliphatic hydroxyl groups is 1. The molecule has 0 spiro atoms. The highest BCUT2D eigenvalue weighted by molar-refractivity contribution is 5.84. The van der Waals surface area contributed by atoms with E-state index in [1.165, 1.54) is 6.21 Å². The van der Waals surface area contributed by atoms with Crippen molar-refractivity contribution in [2.75, 3.05) is 0 Å². The van der Waals surface area contributed by atoms with Crippen LogP contribution in [0, 0.1) is 6.92 Å². The predicted molar refractivity (Wildman–Crippen MR) is 78.3 cm³/mol. The number of amides is 1. The number of benzene rings is 2. The van der Waals surface area contributed by atoms with Gasteiger partial charge in [0.25, 0.3) is 5.91 Å². The van der Waals surface area contributed by atoms with Crippen LogP contribution in [0.3, 0.4) is 0 Å². The average Bonchev–Trinajstić information content (AvgIpc) is 2.49. The Labute approximate surface area is 117 Å². The summed E-state index contributed by atoms with van der Waals surface area (Å²) in [4.78, 5) is 11.7. The second kappa shape index (κ2) is 6.63. The van der Waals surface area contributed by atoms with Gasteiger partial charge in [-0.25, -0.2) is 5.43 Å². The van der Waals surface area contributed by atoms with Gasteiger partial charge in [-0.2, -0.15) is 5.10 Å². The van der Waals surface area contributed by atoms with Gasteiger partial charge in [0, 0.05) is 0 Å². The highest BCUT2D eigenvalue weighted by atomic mass is 16.3. The monoisotopic (exact) mass is 268 g/mol. The van der Waals surface area contributed by atoms with E-state index >= 15 is 0 Å². The van der Waals surface area contributed by atoms with Gasteiger partial charge in [0.2, 0.25) is 0 Å². The molecule has 2 aromatic carbocycles. The SMILES string of the molecule is Cc1ccc(C=NNC(=O)C(O)c2ccccc2)cc1. The molecule has 2 aromatic rings. The molecular weight excluding hydrogens is 252 g/mol. The number of hydrogen-bond donors (Lipinski definition) is 2. The van der Waals surface area contributed by atoms with Crippen molar-refractivity contribution in [2.45, 2.75) is 13.0 Å². The Morgan fingerprint density at radius 3 is 2.45 bits per heavy atom. The molecule has 0 fully saturated rings. The van der Waals surface area contributed by atoms with Crippen LogP contribution in [0.4, 0.5) is 0 Å². The van der Waals surface area contributed by atoms with Gasteiger partial charge in [-0.15, -0.1) is 0 Å². The molecule has 0 radical (unpaired) electrons. The molecule has 1 amide bonds. The van der Waals surface area contributed by atoms with Crippen molar-refractivity contribution in [2.24, 2.45) is 5.10 Å². The average molecular weight is 268 g/mol. The highest BCUT2D eigenvalue weighted by Crippen LogP contribution is 2.11. The van der Waals surface area contributed by atoms with Crippen LogP contribution >= 0.6 is 0 Å². The number of nitrogens with one attached hydrogen (secondary N) is 1. The second-order valence-electron chi connectivity index (χ2n) is 4.46. The summed E-state index contributed by atoms with van der Waals surface area (Å²) < 4.78 is 0. The van der Waals surface area contributed by atoms with Gasteiger partial charge in [0.05, 0.1) is 6.21 Å². The number of hydrazone groups is 1. The van der Waals surface area contributed by atoms with Gasteiger partial charge >= 0.3 is 0 Å². The van der Waals surface area contributed by atoms with E-state index < -0.39 is 12.0 Å². The summed E-state index contributed by atoms with van der Waals surface area (Å²) in [6, 6.07) is 16.5. The van der Waals surface area contributed by atoms with E-state index in [9.17, 15) is 9.90 Å². The van der Waals surface area contributed by atoms with Crippen molar-refractivity contribution in [1.82, 2.24) is 5.43 Å². The Morgan fingerprint density at radius 2 is 1.80 bits per heavy atom. The molecule has 0 saturated carbocycles. The van der Waals surface area contributed by atoms with Crippen molar-refractivity contribution in [1.29, 1.82) is 0 Å². The van der Waals surface area contributed by atoms with Gasteiger partial charge in [0.1, 0.15) is 0 Å². The first-order valence-corrected chi connectivity index (χ1v) is 6.29. The number of carbonyl (C=O) groups excluding carboxylic acids is 1. The summed E-state index contributed by atoms with van der Waals surface area (Å²) in [6.07, 6.45) is 0.320. The maximum absolute atomic E-state index is 11.7. The minimum Gasteiger partial charge on any atom is -0.378 e. The van der Waals surface area contributed by atoms with E-state index in [0.717, 1.165) is 11.1 Å². The summed E-state index contributed by atoms with van der Waals surface area (Å²) in [5.41, 5.74) is 4.90. The molecule has 0 aliphatic heterocycles. The number of hydrogen-bond acceptors (Lipinski definition) is 3. The fraction of sp³-hybridized carbons (Fsp3) is 0.125. The minimum absolute atomic E-state index is 0.538. The first-order chi connectivity index (χ1) is 9.66. The van der Waals surface area contributed by atoms with Crippen molar-refractivity contribution in [3.63, 3.8) is 0 Å². The third-order valence-corrected chi connectivity index (χ3v) is 2.83. The lowest BCUT2D eigenvalue weighted by Gasteiger charge is -2.08. The molecule has 0 aliphatic rings. The van der Waals surface area contributed by atoms with E-state index in [-0.39, 0.29) is 0 Å². The predicted octanol–water partition coefficient (Wildman–Crippen LogP) is 2.18. The topological polar surface area (TPSA) is 61.7 Å². The molecule has 4 nitrogen and oxygen atoms in total. The maximum atomic E-state index is 11.7. The van der Waals surface area contributed by atoms with Crippen LogP contribution in [0.5, 0.6) is 0 Å². The molecular formula is C16H16N2O2. The van der Waals surface area contributed by atoms with Crippen LogP contribution in [0.1, 0.15) is 22.8 Å². The summed E-state index contributed by atoms with van der Waals surface area (Å²) in [7, 11) is 0. The minimum atomic E-state index is -1.22. The molecule has 1 unspecified atom stereocenters. The van der Waals surface area contributed by atoms with E-state index in [2.05, 4.69) is 10.5 Å². The largest absolute Gasteiger partial charge is 0.378 e. The van der Waals surface area contributed by atoms with Crippen LogP contribution in [-0.2, 0) is 4.79 Å². The zero-order chi connectivity index (χ0) is 14.4. The van der Waals surface area contributed by atoms with Gasteiger partial charge < -0.3 is 5.11 Å². The zero-order valence-electron chi connectivity index (χ0n) is 11.2. The van der Waals surface area contributed by atoms with E-state index in [0.29, 0.717) is 5.56 Å². The Kier molecular flexibility index (Phi) is 4.63. The first kappa shape index (κ1) is 14.0. The quantitative estimate of drug-likeness (QED) is 0.659. The Bertz CT molecular complexity index is 592. The van der Waals surface area contributed by atoms with Crippen molar-refractivity contribution >= 4 is 12.1 Å². The maximum Gasteiger partial charge on any atom is 0.273 e. The number of carbonyl (C=O) groups is 1. The van der Waals surface area contributed by atoms with Crippen LogP contribution in [0.15, 0.2) is 59.7 Å².